The molecular formula is C23H25N3O5S. The smallest absolute Gasteiger partial charge is 0.244 e. The molecule has 0 aliphatic carbocycles. The minimum atomic E-state index is -3.92. The summed E-state index contributed by atoms with van der Waals surface area (Å²) in [6, 6.07) is 15.3. The summed E-state index contributed by atoms with van der Waals surface area (Å²) in [6.07, 6.45) is 1.43. The molecule has 0 amide bonds. The zero-order valence-corrected chi connectivity index (χ0v) is 18.3. The number of nitrogens with zero attached hydrogens (tertiary/aromatic N) is 2. The molecule has 9 heteroatoms. The first-order valence-electron chi connectivity index (χ1n) is 10.3. The van der Waals surface area contributed by atoms with Crippen LogP contribution >= 0.6 is 0 Å². The maximum atomic E-state index is 12.7. The van der Waals surface area contributed by atoms with Crippen LogP contribution in [0.15, 0.2) is 64.5 Å². The van der Waals surface area contributed by atoms with Crippen molar-refractivity contribution in [2.24, 2.45) is 4.99 Å². The third-order valence-corrected chi connectivity index (χ3v) is 6.86. The van der Waals surface area contributed by atoms with Gasteiger partial charge in [-0.2, -0.15) is 0 Å². The van der Waals surface area contributed by atoms with Crippen molar-refractivity contribution in [1.29, 1.82) is 0 Å². The Morgan fingerprint density at radius 1 is 1.03 bits per heavy atom. The number of rotatable bonds is 7. The molecule has 0 saturated carbocycles. The Bertz CT molecular complexity index is 1240. The Morgan fingerprint density at radius 2 is 1.81 bits per heavy atom. The van der Waals surface area contributed by atoms with E-state index in [0.29, 0.717) is 25.3 Å². The van der Waals surface area contributed by atoms with Gasteiger partial charge < -0.3 is 14.9 Å². The average molecular weight is 456 g/mol. The van der Waals surface area contributed by atoms with Gasteiger partial charge >= 0.3 is 0 Å². The Morgan fingerprint density at radius 3 is 2.62 bits per heavy atom. The molecule has 1 aliphatic heterocycles. The van der Waals surface area contributed by atoms with Gasteiger partial charge in [-0.3, -0.25) is 9.89 Å². The molecule has 3 aromatic carbocycles. The molecule has 3 N–H and O–H groups in total. The topological polar surface area (TPSA) is 111 Å². The number of hydrogen-bond donors (Lipinski definition) is 3. The van der Waals surface area contributed by atoms with Gasteiger partial charge in [-0.15, -0.1) is 0 Å². The van der Waals surface area contributed by atoms with Gasteiger partial charge in [0.15, 0.2) is 5.75 Å². The molecule has 0 radical (unpaired) electrons. The number of sulfonamides is 1. The molecular weight excluding hydrogens is 430 g/mol. The number of phenols is 2. The van der Waals surface area contributed by atoms with Crippen molar-refractivity contribution in [2.75, 3.05) is 39.4 Å². The lowest BCUT2D eigenvalue weighted by Gasteiger charge is -2.26. The minimum Gasteiger partial charge on any atom is -0.507 e. The van der Waals surface area contributed by atoms with Gasteiger partial charge in [0, 0.05) is 38.0 Å². The summed E-state index contributed by atoms with van der Waals surface area (Å²) in [5.74, 6) is -0.400. The van der Waals surface area contributed by atoms with Crippen molar-refractivity contribution >= 4 is 32.7 Å². The molecule has 0 unspecified atom stereocenters. The number of aliphatic imine (C=N–C) groups is 1. The second-order valence-electron chi connectivity index (χ2n) is 7.45. The molecule has 0 aromatic heterocycles. The Labute approximate surface area is 186 Å². The number of fused-ring (bicyclic) bond motifs is 1. The van der Waals surface area contributed by atoms with Crippen LogP contribution in [0.3, 0.4) is 0 Å². The van der Waals surface area contributed by atoms with E-state index in [1.165, 1.54) is 24.4 Å². The summed E-state index contributed by atoms with van der Waals surface area (Å²) in [4.78, 5) is 6.14. The van der Waals surface area contributed by atoms with Crippen LogP contribution < -0.4 is 4.72 Å². The average Bonchev–Trinajstić information content (AvgIpc) is 2.80. The first kappa shape index (κ1) is 22.2. The maximum Gasteiger partial charge on any atom is 0.244 e. The van der Waals surface area contributed by atoms with E-state index in [1.54, 1.807) is 12.1 Å². The summed E-state index contributed by atoms with van der Waals surface area (Å²) in [5, 5.41) is 22.6. The van der Waals surface area contributed by atoms with Crippen LogP contribution in [0, 0.1) is 0 Å². The highest BCUT2D eigenvalue weighted by Gasteiger charge is 2.21. The first-order chi connectivity index (χ1) is 15.5. The fourth-order valence-corrected chi connectivity index (χ4v) is 4.76. The predicted molar refractivity (Wildman–Crippen MR) is 123 cm³/mol. The molecule has 3 aromatic rings. The van der Waals surface area contributed by atoms with Crippen LogP contribution in [0.2, 0.25) is 0 Å². The van der Waals surface area contributed by atoms with Crippen LogP contribution in [0.5, 0.6) is 11.5 Å². The van der Waals surface area contributed by atoms with E-state index in [-0.39, 0.29) is 22.9 Å². The summed E-state index contributed by atoms with van der Waals surface area (Å²) in [5.41, 5.74) is 0.577. The summed E-state index contributed by atoms with van der Waals surface area (Å²) < 4.78 is 33.3. The van der Waals surface area contributed by atoms with E-state index in [9.17, 15) is 18.6 Å². The number of phenolic OH excluding ortho intramolecular Hbond substituents is 2. The molecule has 168 valence electrons. The molecule has 8 nitrogen and oxygen atoms in total. The first-order valence-corrected chi connectivity index (χ1v) is 11.8. The fourth-order valence-electron chi connectivity index (χ4n) is 3.63. The number of hydrogen-bond acceptors (Lipinski definition) is 7. The Hall–Kier alpha value is -2.98. The van der Waals surface area contributed by atoms with E-state index in [1.807, 2.05) is 24.3 Å². The van der Waals surface area contributed by atoms with Gasteiger partial charge in [0.1, 0.15) is 16.3 Å². The third kappa shape index (κ3) is 4.91. The normalized spacial score (nSPS) is 15.5. The van der Waals surface area contributed by atoms with Crippen molar-refractivity contribution in [3.63, 3.8) is 0 Å². The van der Waals surface area contributed by atoms with Crippen molar-refractivity contribution in [3.8, 4) is 11.5 Å². The predicted octanol–water partition coefficient (Wildman–Crippen LogP) is 2.61. The van der Waals surface area contributed by atoms with Crippen molar-refractivity contribution in [1.82, 2.24) is 9.62 Å². The maximum absolute atomic E-state index is 12.7. The summed E-state index contributed by atoms with van der Waals surface area (Å²) >= 11 is 0. The van der Waals surface area contributed by atoms with Gasteiger partial charge in [-0.1, -0.05) is 36.4 Å². The molecule has 0 spiro atoms. The largest absolute Gasteiger partial charge is 0.507 e. The quantitative estimate of drug-likeness (QED) is 0.472. The number of nitrogens with one attached hydrogen (secondary N) is 1. The van der Waals surface area contributed by atoms with E-state index in [0.717, 1.165) is 23.9 Å². The highest BCUT2D eigenvalue weighted by Crippen LogP contribution is 2.34. The molecule has 4 rings (SSSR count). The van der Waals surface area contributed by atoms with Crippen molar-refractivity contribution in [3.05, 3.63) is 60.2 Å². The highest BCUT2D eigenvalue weighted by atomic mass is 32.2. The minimum absolute atomic E-state index is 0.0421. The highest BCUT2D eigenvalue weighted by molar-refractivity contribution is 7.89. The van der Waals surface area contributed by atoms with E-state index in [2.05, 4.69) is 14.6 Å². The molecule has 1 heterocycles. The number of para-hydroxylation sites is 1. The Kier molecular flexibility index (Phi) is 6.71. The Balaban J connectivity index is 1.54. The summed E-state index contributed by atoms with van der Waals surface area (Å²) in [7, 11) is -3.92. The second-order valence-corrected chi connectivity index (χ2v) is 9.19. The van der Waals surface area contributed by atoms with Gasteiger partial charge in [-0.25, -0.2) is 13.1 Å². The van der Waals surface area contributed by atoms with Crippen molar-refractivity contribution < 1.29 is 23.4 Å². The number of morpholine rings is 1. The van der Waals surface area contributed by atoms with E-state index >= 15 is 0 Å². The van der Waals surface area contributed by atoms with Gasteiger partial charge in [0.05, 0.1) is 13.2 Å². The van der Waals surface area contributed by atoms with Gasteiger partial charge in [0.25, 0.3) is 0 Å². The molecule has 0 atom stereocenters. The number of ether oxygens (including phenoxy) is 1. The molecule has 1 saturated heterocycles. The van der Waals surface area contributed by atoms with Crippen LogP contribution in [0.4, 0.5) is 5.69 Å². The molecule has 1 aliphatic rings. The van der Waals surface area contributed by atoms with Gasteiger partial charge in [-0.05, 0) is 29.0 Å². The molecule has 0 bridgehead atoms. The number of aromatic hydroxyl groups is 2. The SMILES string of the molecule is O=S(=O)(NCCN1CCOCC1)c1cccc(N=Cc2c(O)ccc3ccccc23)c1O. The van der Waals surface area contributed by atoms with Gasteiger partial charge in [0.2, 0.25) is 10.0 Å². The monoisotopic (exact) mass is 455 g/mol. The number of benzene rings is 3. The molecule has 32 heavy (non-hydrogen) atoms. The van der Waals surface area contributed by atoms with Crippen LogP contribution in [0.25, 0.3) is 10.8 Å². The zero-order chi connectivity index (χ0) is 22.6. The standard InChI is InChI=1S/C23H25N3O5S/c27-21-9-8-17-4-1-2-5-18(17)19(21)16-24-20-6-3-7-22(23(20)28)32(29,30)25-10-11-26-12-14-31-15-13-26/h1-9,16,25,27-28H,10-15H2. The van der Waals surface area contributed by atoms with E-state index in [4.69, 9.17) is 4.74 Å². The fraction of sp³-hybridized carbons (Fsp3) is 0.261. The molecule has 1 fully saturated rings. The zero-order valence-electron chi connectivity index (χ0n) is 17.4. The summed E-state index contributed by atoms with van der Waals surface area (Å²) in [6.45, 7) is 3.58. The van der Waals surface area contributed by atoms with Crippen LogP contribution in [-0.2, 0) is 14.8 Å². The lowest BCUT2D eigenvalue weighted by Crippen LogP contribution is -2.41. The van der Waals surface area contributed by atoms with Crippen LogP contribution in [0.1, 0.15) is 5.56 Å². The van der Waals surface area contributed by atoms with Crippen LogP contribution in [-0.4, -0.2) is 69.1 Å². The third-order valence-electron chi connectivity index (χ3n) is 5.37. The lowest BCUT2D eigenvalue weighted by molar-refractivity contribution is 0.0390. The second kappa shape index (κ2) is 9.66. The van der Waals surface area contributed by atoms with E-state index < -0.39 is 15.8 Å². The van der Waals surface area contributed by atoms with Crippen molar-refractivity contribution in [2.45, 2.75) is 4.90 Å². The lowest BCUT2D eigenvalue weighted by atomic mass is 10.0.